The predicted octanol–water partition coefficient (Wildman–Crippen LogP) is 2.98. The molecule has 31 heavy (non-hydrogen) atoms. The van der Waals surface area contributed by atoms with Crippen molar-refractivity contribution < 1.29 is 9.21 Å². The Morgan fingerprint density at radius 3 is 2.32 bits per heavy atom. The molecule has 4 rings (SSSR count). The number of furan rings is 1. The van der Waals surface area contributed by atoms with Crippen LogP contribution >= 0.6 is 35.7 Å². The van der Waals surface area contributed by atoms with E-state index in [1.807, 2.05) is 16.7 Å². The molecular weight excluding hydrogens is 525 g/mol. The van der Waals surface area contributed by atoms with E-state index in [0.29, 0.717) is 18.8 Å². The summed E-state index contributed by atoms with van der Waals surface area (Å²) in [5, 5.41) is 3.46. The van der Waals surface area contributed by atoms with Gasteiger partial charge in [0.15, 0.2) is 11.7 Å². The summed E-state index contributed by atoms with van der Waals surface area (Å²) in [5.41, 5.74) is 2.54. The molecule has 2 saturated heterocycles. The lowest BCUT2D eigenvalue weighted by atomic mass is 10.2. The van der Waals surface area contributed by atoms with E-state index in [1.54, 1.807) is 19.2 Å². The van der Waals surface area contributed by atoms with Crippen LogP contribution < -0.4 is 10.2 Å². The number of nitrogens with one attached hydrogen (secondary N) is 1. The van der Waals surface area contributed by atoms with E-state index in [9.17, 15) is 4.79 Å². The molecule has 1 N–H and O–H groups in total. The Balaban J connectivity index is 0.00000272. The van der Waals surface area contributed by atoms with Crippen LogP contribution in [-0.4, -0.2) is 79.5 Å². The minimum atomic E-state index is -0.0463. The van der Waals surface area contributed by atoms with Gasteiger partial charge in [-0.05, 0) is 29.8 Å². The first-order valence-electron chi connectivity index (χ1n) is 10.4. The summed E-state index contributed by atoms with van der Waals surface area (Å²) in [6.07, 6.45) is 1.54. The number of amides is 1. The van der Waals surface area contributed by atoms with Gasteiger partial charge in [0, 0.05) is 70.1 Å². The van der Waals surface area contributed by atoms with E-state index in [4.69, 9.17) is 4.42 Å². The first-order chi connectivity index (χ1) is 14.7. The third-order valence-electron chi connectivity index (χ3n) is 5.57. The minimum Gasteiger partial charge on any atom is -0.459 e. The van der Waals surface area contributed by atoms with Gasteiger partial charge in [-0.2, -0.15) is 11.8 Å². The Bertz CT molecular complexity index is 845. The van der Waals surface area contributed by atoms with Crippen molar-refractivity contribution >= 4 is 53.3 Å². The minimum absolute atomic E-state index is 0. The van der Waals surface area contributed by atoms with Crippen molar-refractivity contribution in [2.24, 2.45) is 4.99 Å². The number of benzene rings is 1. The highest BCUT2D eigenvalue weighted by Gasteiger charge is 2.25. The molecule has 0 aliphatic carbocycles. The van der Waals surface area contributed by atoms with E-state index >= 15 is 0 Å². The lowest BCUT2D eigenvalue weighted by molar-refractivity contribution is 0.0657. The fraction of sp³-hybridized carbons (Fsp3) is 0.455. The Morgan fingerprint density at radius 2 is 1.71 bits per heavy atom. The topological polar surface area (TPSA) is 64.3 Å². The largest absolute Gasteiger partial charge is 0.459 e. The molecule has 1 aromatic heterocycles. The second-order valence-corrected chi connectivity index (χ2v) is 8.65. The van der Waals surface area contributed by atoms with Gasteiger partial charge in [0.25, 0.3) is 5.91 Å². The van der Waals surface area contributed by atoms with Gasteiger partial charge in [0.1, 0.15) is 0 Å². The molecule has 1 aromatic carbocycles. The van der Waals surface area contributed by atoms with E-state index < -0.39 is 0 Å². The molecular formula is C22H30IN5O2S. The van der Waals surface area contributed by atoms with Gasteiger partial charge in [-0.3, -0.25) is 9.79 Å². The number of rotatable bonds is 4. The van der Waals surface area contributed by atoms with Crippen LogP contribution in [0.1, 0.15) is 16.1 Å². The summed E-state index contributed by atoms with van der Waals surface area (Å²) in [6.45, 7) is 5.79. The van der Waals surface area contributed by atoms with Crippen LogP contribution in [0.25, 0.3) is 0 Å². The highest BCUT2D eigenvalue weighted by Crippen LogP contribution is 2.20. The predicted molar refractivity (Wildman–Crippen MR) is 138 cm³/mol. The summed E-state index contributed by atoms with van der Waals surface area (Å²) in [5.74, 6) is 3.64. The van der Waals surface area contributed by atoms with Crippen LogP contribution in [0, 0.1) is 0 Å². The molecule has 0 spiro atoms. The van der Waals surface area contributed by atoms with Crippen LogP contribution in [0.4, 0.5) is 5.69 Å². The molecule has 0 radical (unpaired) electrons. The average molecular weight is 555 g/mol. The van der Waals surface area contributed by atoms with Crippen LogP contribution in [0.2, 0.25) is 0 Å². The van der Waals surface area contributed by atoms with E-state index in [-0.39, 0.29) is 29.9 Å². The maximum absolute atomic E-state index is 12.4. The number of hydrogen-bond donors (Lipinski definition) is 1. The fourth-order valence-electron chi connectivity index (χ4n) is 3.84. The Hall–Kier alpha value is -1.88. The molecule has 2 aromatic rings. The number of carbonyl (C=O) groups excluding carboxylic acids is 1. The molecule has 9 heteroatoms. The molecule has 3 heterocycles. The van der Waals surface area contributed by atoms with E-state index in [1.165, 1.54) is 29.0 Å². The van der Waals surface area contributed by atoms with Crippen molar-refractivity contribution in [3.8, 4) is 0 Å². The number of guanidine groups is 1. The SMILES string of the molecule is CN=C(NCc1ccc(N2CCSCC2)cc1)N1CCN(C(=O)c2ccco2)CC1.I. The normalized spacial score (nSPS) is 17.3. The van der Waals surface area contributed by atoms with Crippen molar-refractivity contribution in [1.29, 1.82) is 0 Å². The zero-order valence-electron chi connectivity index (χ0n) is 17.8. The molecule has 0 saturated carbocycles. The lowest BCUT2D eigenvalue weighted by Gasteiger charge is -2.36. The highest BCUT2D eigenvalue weighted by molar-refractivity contribution is 14.0. The summed E-state index contributed by atoms with van der Waals surface area (Å²) >= 11 is 2.03. The van der Waals surface area contributed by atoms with Crippen molar-refractivity contribution in [3.05, 3.63) is 54.0 Å². The van der Waals surface area contributed by atoms with Gasteiger partial charge in [-0.15, -0.1) is 24.0 Å². The van der Waals surface area contributed by atoms with Crippen molar-refractivity contribution in [2.75, 3.05) is 62.7 Å². The molecule has 0 atom stereocenters. The third-order valence-corrected chi connectivity index (χ3v) is 6.52. The smallest absolute Gasteiger partial charge is 0.289 e. The Morgan fingerprint density at radius 1 is 1.03 bits per heavy atom. The molecule has 0 unspecified atom stereocenters. The maximum atomic E-state index is 12.4. The molecule has 7 nitrogen and oxygen atoms in total. The number of anilines is 1. The van der Waals surface area contributed by atoms with E-state index in [0.717, 1.165) is 38.7 Å². The first kappa shape index (κ1) is 23.8. The van der Waals surface area contributed by atoms with Crippen LogP contribution in [0.15, 0.2) is 52.1 Å². The molecule has 2 aliphatic rings. The van der Waals surface area contributed by atoms with Crippen LogP contribution in [-0.2, 0) is 6.54 Å². The van der Waals surface area contributed by atoms with Crippen molar-refractivity contribution in [3.63, 3.8) is 0 Å². The summed E-state index contributed by atoms with van der Waals surface area (Å²) in [7, 11) is 1.81. The van der Waals surface area contributed by atoms with Crippen molar-refractivity contribution in [2.45, 2.75) is 6.54 Å². The van der Waals surface area contributed by atoms with Gasteiger partial charge in [-0.1, -0.05) is 12.1 Å². The number of hydrogen-bond acceptors (Lipinski definition) is 5. The third kappa shape index (κ3) is 6.09. The highest BCUT2D eigenvalue weighted by atomic mass is 127. The molecule has 2 aliphatic heterocycles. The Labute approximate surface area is 205 Å². The molecule has 1 amide bonds. The summed E-state index contributed by atoms with van der Waals surface area (Å²) in [6, 6.07) is 12.3. The summed E-state index contributed by atoms with van der Waals surface area (Å²) in [4.78, 5) is 23.3. The molecule has 168 valence electrons. The Kier molecular flexibility index (Phi) is 8.94. The quantitative estimate of drug-likeness (QED) is 0.356. The summed E-state index contributed by atoms with van der Waals surface area (Å²) < 4.78 is 5.23. The second kappa shape index (κ2) is 11.7. The zero-order valence-corrected chi connectivity index (χ0v) is 21.0. The number of carbonyl (C=O) groups is 1. The first-order valence-corrected chi connectivity index (χ1v) is 11.6. The standard InChI is InChI=1S/C22H29N5O2S.HI/c1-23-22(27-10-8-26(9-11-27)21(28)20-3-2-14-29-20)24-17-18-4-6-19(7-5-18)25-12-15-30-16-13-25;/h2-7,14H,8-13,15-17H2,1H3,(H,23,24);1H. The van der Waals surface area contributed by atoms with Gasteiger partial charge >= 0.3 is 0 Å². The number of nitrogens with zero attached hydrogens (tertiary/aromatic N) is 4. The second-order valence-electron chi connectivity index (χ2n) is 7.42. The molecule has 2 fully saturated rings. The van der Waals surface area contributed by atoms with Crippen LogP contribution in [0.5, 0.6) is 0 Å². The number of piperazine rings is 1. The molecule has 0 bridgehead atoms. The number of halogens is 1. The van der Waals surface area contributed by atoms with Gasteiger partial charge in [0.05, 0.1) is 6.26 Å². The number of aliphatic imine (C=N–C) groups is 1. The van der Waals surface area contributed by atoms with Crippen LogP contribution in [0.3, 0.4) is 0 Å². The zero-order chi connectivity index (χ0) is 20.8. The lowest BCUT2D eigenvalue weighted by Crippen LogP contribution is -2.53. The van der Waals surface area contributed by atoms with Crippen molar-refractivity contribution in [1.82, 2.24) is 15.1 Å². The van der Waals surface area contributed by atoms with Gasteiger partial charge in [-0.25, -0.2) is 0 Å². The van der Waals surface area contributed by atoms with E-state index in [2.05, 4.69) is 44.4 Å². The average Bonchev–Trinajstić information content (AvgIpc) is 3.35. The van der Waals surface area contributed by atoms with Gasteiger partial charge < -0.3 is 24.4 Å². The maximum Gasteiger partial charge on any atom is 0.289 e. The fourth-order valence-corrected chi connectivity index (χ4v) is 4.74. The number of thioether (sulfide) groups is 1. The van der Waals surface area contributed by atoms with Gasteiger partial charge in [0.2, 0.25) is 0 Å². The monoisotopic (exact) mass is 555 g/mol.